The number of carbonyl (C=O) groups excluding carboxylic acids is 1. The van der Waals surface area contributed by atoms with Crippen LogP contribution in [0.4, 0.5) is 0 Å². The van der Waals surface area contributed by atoms with E-state index in [2.05, 4.69) is 29.8 Å². The molecule has 1 fully saturated rings. The van der Waals surface area contributed by atoms with Gasteiger partial charge in [-0.3, -0.25) is 4.79 Å². The lowest BCUT2D eigenvalue weighted by Gasteiger charge is -2.38. The second-order valence-electron chi connectivity index (χ2n) is 4.99. The van der Waals surface area contributed by atoms with Gasteiger partial charge in [-0.1, -0.05) is 18.5 Å². The van der Waals surface area contributed by atoms with Crippen LogP contribution in [0.1, 0.15) is 37.0 Å². The van der Waals surface area contributed by atoms with E-state index >= 15 is 0 Å². The lowest BCUT2D eigenvalue weighted by atomic mass is 9.91. The predicted octanol–water partition coefficient (Wildman–Crippen LogP) is 4.36. The molecule has 0 saturated carbocycles. The number of hydrogen-bond acceptors (Lipinski definition) is 1. The molecule has 2 rings (SSSR count). The second kappa shape index (κ2) is 5.62. The summed E-state index contributed by atoms with van der Waals surface area (Å²) in [5.41, 5.74) is 0.701. The van der Waals surface area contributed by atoms with Crippen LogP contribution in [0.25, 0.3) is 0 Å². The largest absolute Gasteiger partial charge is 0.336 e. The first-order valence-electron chi connectivity index (χ1n) is 6.26. The number of piperidine rings is 1. The second-order valence-corrected chi connectivity index (χ2v) is 6.25. The molecule has 0 bridgehead atoms. The highest BCUT2D eigenvalue weighted by atomic mass is 79.9. The van der Waals surface area contributed by atoms with Gasteiger partial charge in [-0.15, -0.1) is 0 Å². The zero-order chi connectivity index (χ0) is 13.3. The molecule has 0 spiro atoms. The average molecular weight is 331 g/mol. The quantitative estimate of drug-likeness (QED) is 0.749. The number of nitrogens with zero attached hydrogens (tertiary/aromatic N) is 1. The maximum absolute atomic E-state index is 12.5. The summed E-state index contributed by atoms with van der Waals surface area (Å²) in [5.74, 6) is 0.671. The highest BCUT2D eigenvalue weighted by Crippen LogP contribution is 2.27. The molecule has 1 aliphatic rings. The molecule has 4 heteroatoms. The molecule has 2 atom stereocenters. The number of carbonyl (C=O) groups is 1. The molecule has 1 aliphatic heterocycles. The van der Waals surface area contributed by atoms with E-state index in [1.54, 1.807) is 18.2 Å². The zero-order valence-corrected chi connectivity index (χ0v) is 13.0. The fourth-order valence-corrected chi connectivity index (χ4v) is 2.91. The maximum Gasteiger partial charge on any atom is 0.254 e. The molecule has 1 heterocycles. The van der Waals surface area contributed by atoms with Gasteiger partial charge in [0.25, 0.3) is 5.91 Å². The summed E-state index contributed by atoms with van der Waals surface area (Å²) >= 11 is 9.31. The molecule has 0 radical (unpaired) electrons. The molecule has 98 valence electrons. The fourth-order valence-electron chi connectivity index (χ4n) is 2.42. The lowest BCUT2D eigenvalue weighted by molar-refractivity contribution is 0.0551. The van der Waals surface area contributed by atoms with Crippen LogP contribution in [0, 0.1) is 5.92 Å². The standard InChI is InChI=1S/C14H17BrClNO/c1-9-4-3-7-17(10(9)2)14(18)11-5-6-13(16)12(15)8-11/h5-6,8-10H,3-4,7H2,1-2H3. The van der Waals surface area contributed by atoms with E-state index in [-0.39, 0.29) is 5.91 Å². The first-order chi connectivity index (χ1) is 8.50. The molecule has 1 aromatic rings. The van der Waals surface area contributed by atoms with Crippen LogP contribution >= 0.6 is 27.5 Å². The maximum atomic E-state index is 12.5. The van der Waals surface area contributed by atoms with Crippen molar-refractivity contribution in [3.8, 4) is 0 Å². The topological polar surface area (TPSA) is 20.3 Å². The van der Waals surface area contributed by atoms with E-state index in [1.807, 2.05) is 4.90 Å². The molecule has 1 saturated heterocycles. The summed E-state index contributed by atoms with van der Waals surface area (Å²) in [6.07, 6.45) is 2.29. The van der Waals surface area contributed by atoms with Gasteiger partial charge in [-0.25, -0.2) is 0 Å². The van der Waals surface area contributed by atoms with Crippen LogP contribution in [0.15, 0.2) is 22.7 Å². The van der Waals surface area contributed by atoms with Gasteiger partial charge in [0, 0.05) is 22.6 Å². The van der Waals surface area contributed by atoms with E-state index in [0.717, 1.165) is 17.4 Å². The van der Waals surface area contributed by atoms with Crippen molar-refractivity contribution < 1.29 is 4.79 Å². The third-order valence-corrected chi connectivity index (χ3v) is 5.01. The van der Waals surface area contributed by atoms with E-state index < -0.39 is 0 Å². The zero-order valence-electron chi connectivity index (χ0n) is 10.6. The number of rotatable bonds is 1. The monoisotopic (exact) mass is 329 g/mol. The molecule has 2 nitrogen and oxygen atoms in total. The fraction of sp³-hybridized carbons (Fsp3) is 0.500. The third kappa shape index (κ3) is 2.72. The van der Waals surface area contributed by atoms with Gasteiger partial charge in [0.2, 0.25) is 0 Å². The van der Waals surface area contributed by atoms with Gasteiger partial charge in [-0.2, -0.15) is 0 Å². The molecule has 0 aromatic heterocycles. The molecule has 1 amide bonds. The molecule has 1 aromatic carbocycles. The first kappa shape index (κ1) is 13.9. The van der Waals surface area contributed by atoms with Gasteiger partial charge in [-0.05, 0) is 59.8 Å². The Labute approximate surface area is 121 Å². The number of hydrogen-bond donors (Lipinski definition) is 0. The smallest absolute Gasteiger partial charge is 0.254 e. The highest BCUT2D eigenvalue weighted by Gasteiger charge is 2.29. The van der Waals surface area contributed by atoms with Crippen LogP contribution < -0.4 is 0 Å². The van der Waals surface area contributed by atoms with Crippen LogP contribution in [0.5, 0.6) is 0 Å². The molecule has 0 aliphatic carbocycles. The predicted molar refractivity (Wildman–Crippen MR) is 78.0 cm³/mol. The SMILES string of the molecule is CC1CCCN(C(=O)c2ccc(Cl)c(Br)c2)C1C. The Kier molecular flexibility index (Phi) is 4.33. The van der Waals surface area contributed by atoms with Crippen LogP contribution in [-0.2, 0) is 0 Å². The van der Waals surface area contributed by atoms with Crippen LogP contribution in [0.3, 0.4) is 0 Å². The molecule has 18 heavy (non-hydrogen) atoms. The van der Waals surface area contributed by atoms with Crippen molar-refractivity contribution in [3.63, 3.8) is 0 Å². The van der Waals surface area contributed by atoms with E-state index in [4.69, 9.17) is 11.6 Å². The third-order valence-electron chi connectivity index (χ3n) is 3.80. The van der Waals surface area contributed by atoms with Gasteiger partial charge >= 0.3 is 0 Å². The Morgan fingerprint density at radius 3 is 2.83 bits per heavy atom. The van der Waals surface area contributed by atoms with Crippen molar-refractivity contribution in [1.29, 1.82) is 0 Å². The van der Waals surface area contributed by atoms with Gasteiger partial charge < -0.3 is 4.90 Å². The Bertz CT molecular complexity index is 463. The summed E-state index contributed by atoms with van der Waals surface area (Å²) in [6.45, 7) is 5.19. The van der Waals surface area contributed by atoms with Crippen molar-refractivity contribution in [1.82, 2.24) is 4.90 Å². The number of halogens is 2. The number of likely N-dealkylation sites (tertiary alicyclic amines) is 1. The van der Waals surface area contributed by atoms with E-state index in [0.29, 0.717) is 22.5 Å². The van der Waals surface area contributed by atoms with E-state index in [1.165, 1.54) is 6.42 Å². The summed E-state index contributed by atoms with van der Waals surface area (Å²) in [6, 6.07) is 5.66. The summed E-state index contributed by atoms with van der Waals surface area (Å²) in [5, 5.41) is 0.631. The Hall–Kier alpha value is -0.540. The van der Waals surface area contributed by atoms with Crippen molar-refractivity contribution >= 4 is 33.4 Å². The molecular formula is C14H17BrClNO. The Morgan fingerprint density at radius 2 is 2.17 bits per heavy atom. The normalized spacial score (nSPS) is 24.1. The summed E-state index contributed by atoms with van der Waals surface area (Å²) in [4.78, 5) is 14.5. The van der Waals surface area contributed by atoms with Gasteiger partial charge in [0.1, 0.15) is 0 Å². The Morgan fingerprint density at radius 1 is 1.44 bits per heavy atom. The van der Waals surface area contributed by atoms with Crippen LogP contribution in [-0.4, -0.2) is 23.4 Å². The minimum absolute atomic E-state index is 0.103. The average Bonchev–Trinajstić information content (AvgIpc) is 2.35. The molecule has 2 unspecified atom stereocenters. The van der Waals surface area contributed by atoms with Crippen molar-refractivity contribution in [2.45, 2.75) is 32.7 Å². The number of amides is 1. The number of benzene rings is 1. The molecular weight excluding hydrogens is 314 g/mol. The Balaban J connectivity index is 2.22. The molecule has 0 N–H and O–H groups in total. The lowest BCUT2D eigenvalue weighted by Crippen LogP contribution is -2.46. The summed E-state index contributed by atoms with van der Waals surface area (Å²) in [7, 11) is 0. The van der Waals surface area contributed by atoms with Crippen molar-refractivity contribution in [2.75, 3.05) is 6.54 Å². The van der Waals surface area contributed by atoms with E-state index in [9.17, 15) is 4.79 Å². The van der Waals surface area contributed by atoms with Gasteiger partial charge in [0.05, 0.1) is 5.02 Å². The first-order valence-corrected chi connectivity index (χ1v) is 7.44. The van der Waals surface area contributed by atoms with Gasteiger partial charge in [0.15, 0.2) is 0 Å². The minimum atomic E-state index is 0.103. The van der Waals surface area contributed by atoms with Crippen molar-refractivity contribution in [3.05, 3.63) is 33.3 Å². The van der Waals surface area contributed by atoms with Crippen LogP contribution in [0.2, 0.25) is 5.02 Å². The minimum Gasteiger partial charge on any atom is -0.336 e. The highest BCUT2D eigenvalue weighted by molar-refractivity contribution is 9.10. The van der Waals surface area contributed by atoms with Crippen molar-refractivity contribution in [2.24, 2.45) is 5.92 Å². The summed E-state index contributed by atoms with van der Waals surface area (Å²) < 4.78 is 0.771.